The summed E-state index contributed by atoms with van der Waals surface area (Å²) in [5.74, 6) is 0. The number of carbonyl (C=O) groups is 1. The normalized spacial score (nSPS) is 22.2. The molecule has 1 atom stereocenters. The number of hydrogen-bond donors (Lipinski definition) is 0. The van der Waals surface area contributed by atoms with Crippen molar-refractivity contribution in [3.05, 3.63) is 0 Å². The first-order valence-corrected chi connectivity index (χ1v) is 3.82. The van der Waals surface area contributed by atoms with Gasteiger partial charge in [0.25, 0.3) is 0 Å². The molecule has 1 unspecified atom stereocenters. The maximum atomic E-state index is 10.7. The number of hydrogen-bond acceptors (Lipinski definition) is 5. The molecule has 1 heterocycles. The van der Waals surface area contributed by atoms with E-state index in [1.54, 1.807) is 6.92 Å². The predicted octanol–water partition coefficient (Wildman–Crippen LogP) is 0.532. The fourth-order valence-corrected chi connectivity index (χ4v) is 0.789. The van der Waals surface area contributed by atoms with E-state index in [1.165, 1.54) is 0 Å². The first-order valence-electron chi connectivity index (χ1n) is 3.82. The third kappa shape index (κ3) is 3.06. The molecule has 0 saturated carbocycles. The van der Waals surface area contributed by atoms with Crippen LogP contribution in [0.15, 0.2) is 0 Å². The van der Waals surface area contributed by atoms with E-state index in [9.17, 15) is 4.79 Å². The molecule has 0 amide bonds. The first-order chi connectivity index (χ1) is 5.83. The molecule has 12 heavy (non-hydrogen) atoms. The third-order valence-corrected chi connectivity index (χ3v) is 1.34. The van der Waals surface area contributed by atoms with E-state index in [0.29, 0.717) is 13.2 Å². The van der Waals surface area contributed by atoms with Gasteiger partial charge in [0.05, 0.1) is 13.2 Å². The highest BCUT2D eigenvalue weighted by Crippen LogP contribution is 2.03. The molecular weight excluding hydrogens is 164 g/mol. The van der Waals surface area contributed by atoms with E-state index < -0.39 is 6.16 Å². The highest BCUT2D eigenvalue weighted by Gasteiger charge is 2.18. The van der Waals surface area contributed by atoms with Crippen LogP contribution in [-0.4, -0.2) is 38.9 Å². The summed E-state index contributed by atoms with van der Waals surface area (Å²) < 4.78 is 19.2. The molecule has 0 spiro atoms. The third-order valence-electron chi connectivity index (χ3n) is 1.34. The molecule has 1 aliphatic rings. The molecule has 1 fully saturated rings. The summed E-state index contributed by atoms with van der Waals surface area (Å²) in [5, 5.41) is 0. The lowest BCUT2D eigenvalue weighted by Gasteiger charge is -2.07. The van der Waals surface area contributed by atoms with Crippen LogP contribution in [0, 0.1) is 0 Å². The van der Waals surface area contributed by atoms with Crippen LogP contribution in [0.1, 0.15) is 6.92 Å². The summed E-state index contributed by atoms with van der Waals surface area (Å²) in [6, 6.07) is 0. The Kier molecular flexibility index (Phi) is 3.83. The van der Waals surface area contributed by atoms with Crippen LogP contribution >= 0.6 is 0 Å². The zero-order valence-corrected chi connectivity index (χ0v) is 6.95. The number of carbonyl (C=O) groups excluding carboxylic acids is 1. The fourth-order valence-electron chi connectivity index (χ4n) is 0.789. The van der Waals surface area contributed by atoms with Gasteiger partial charge in [-0.2, -0.15) is 0 Å². The minimum Gasteiger partial charge on any atom is -0.435 e. The quantitative estimate of drug-likeness (QED) is 0.587. The van der Waals surface area contributed by atoms with Crippen LogP contribution in [-0.2, 0) is 18.9 Å². The average molecular weight is 176 g/mol. The maximum absolute atomic E-state index is 10.7. The van der Waals surface area contributed by atoms with Crippen molar-refractivity contribution in [1.82, 2.24) is 0 Å². The summed E-state index contributed by atoms with van der Waals surface area (Å²) >= 11 is 0. The first kappa shape index (κ1) is 9.28. The zero-order chi connectivity index (χ0) is 8.81. The van der Waals surface area contributed by atoms with Gasteiger partial charge >= 0.3 is 6.16 Å². The van der Waals surface area contributed by atoms with E-state index in [1.807, 2.05) is 0 Å². The molecule has 1 rings (SSSR count). The molecule has 5 nitrogen and oxygen atoms in total. The van der Waals surface area contributed by atoms with Gasteiger partial charge in [0.2, 0.25) is 0 Å². The van der Waals surface area contributed by atoms with Crippen LogP contribution in [0.3, 0.4) is 0 Å². The minimum atomic E-state index is -0.659. The van der Waals surface area contributed by atoms with E-state index in [4.69, 9.17) is 14.2 Å². The molecule has 70 valence electrons. The predicted molar refractivity (Wildman–Crippen MR) is 38.7 cm³/mol. The average Bonchev–Trinajstić information content (AvgIpc) is 2.53. The summed E-state index contributed by atoms with van der Waals surface area (Å²) in [6.07, 6.45) is -0.803. The van der Waals surface area contributed by atoms with Crippen LogP contribution in [0.25, 0.3) is 0 Å². The Balaban J connectivity index is 2.03. The van der Waals surface area contributed by atoms with Gasteiger partial charge in [-0.15, -0.1) is 0 Å². The van der Waals surface area contributed by atoms with Crippen LogP contribution < -0.4 is 0 Å². The fraction of sp³-hybridized carbons (Fsp3) is 0.857. The second-order valence-corrected chi connectivity index (χ2v) is 2.27. The Labute approximate surface area is 70.5 Å². The molecule has 0 aliphatic carbocycles. The molecule has 0 N–H and O–H groups in total. The van der Waals surface area contributed by atoms with Gasteiger partial charge in [-0.3, -0.25) is 0 Å². The van der Waals surface area contributed by atoms with Gasteiger partial charge in [-0.05, 0) is 6.92 Å². The van der Waals surface area contributed by atoms with Crippen molar-refractivity contribution in [2.24, 2.45) is 0 Å². The monoisotopic (exact) mass is 176 g/mol. The molecular formula is C7H12O5. The van der Waals surface area contributed by atoms with Crippen molar-refractivity contribution in [2.75, 3.05) is 26.6 Å². The van der Waals surface area contributed by atoms with E-state index in [0.717, 1.165) is 0 Å². The number of ether oxygens (including phenoxy) is 4. The van der Waals surface area contributed by atoms with Gasteiger partial charge in [-0.1, -0.05) is 0 Å². The zero-order valence-electron chi connectivity index (χ0n) is 6.95. The Morgan fingerprint density at radius 3 is 3.00 bits per heavy atom. The lowest BCUT2D eigenvalue weighted by Crippen LogP contribution is -2.20. The van der Waals surface area contributed by atoms with Crippen LogP contribution in [0.4, 0.5) is 4.79 Å². The molecule has 0 radical (unpaired) electrons. The molecule has 0 aromatic rings. The highest BCUT2D eigenvalue weighted by atomic mass is 16.7. The Morgan fingerprint density at radius 2 is 2.42 bits per heavy atom. The summed E-state index contributed by atoms with van der Waals surface area (Å²) in [4.78, 5) is 10.7. The van der Waals surface area contributed by atoms with E-state index >= 15 is 0 Å². The SMILES string of the molecule is CCOC(=O)OCC1COCO1. The van der Waals surface area contributed by atoms with Gasteiger partial charge in [0, 0.05) is 0 Å². The van der Waals surface area contributed by atoms with E-state index in [-0.39, 0.29) is 19.5 Å². The minimum absolute atomic E-state index is 0.144. The van der Waals surface area contributed by atoms with Crippen molar-refractivity contribution in [1.29, 1.82) is 0 Å². The van der Waals surface area contributed by atoms with Crippen LogP contribution in [0.5, 0.6) is 0 Å². The van der Waals surface area contributed by atoms with Gasteiger partial charge in [0.1, 0.15) is 19.5 Å². The molecule has 0 bridgehead atoms. The van der Waals surface area contributed by atoms with Gasteiger partial charge < -0.3 is 18.9 Å². The molecule has 1 aliphatic heterocycles. The number of rotatable bonds is 3. The largest absolute Gasteiger partial charge is 0.508 e. The van der Waals surface area contributed by atoms with Gasteiger partial charge in [-0.25, -0.2) is 4.79 Å². The summed E-state index contributed by atoms with van der Waals surface area (Å²) in [5.41, 5.74) is 0. The van der Waals surface area contributed by atoms with Gasteiger partial charge in [0.15, 0.2) is 0 Å². The molecule has 0 aromatic heterocycles. The lowest BCUT2D eigenvalue weighted by atomic mass is 10.4. The van der Waals surface area contributed by atoms with E-state index in [2.05, 4.69) is 4.74 Å². The Bertz CT molecular complexity index is 141. The van der Waals surface area contributed by atoms with Crippen molar-refractivity contribution >= 4 is 6.16 Å². The Morgan fingerprint density at radius 1 is 1.58 bits per heavy atom. The summed E-state index contributed by atoms with van der Waals surface area (Å²) in [6.45, 7) is 2.98. The maximum Gasteiger partial charge on any atom is 0.508 e. The van der Waals surface area contributed by atoms with Crippen LogP contribution in [0.2, 0.25) is 0 Å². The molecule has 0 aromatic carbocycles. The standard InChI is InChI=1S/C7H12O5/c1-2-10-7(8)11-4-6-3-9-5-12-6/h6H,2-5H2,1H3. The molecule has 5 heteroatoms. The smallest absolute Gasteiger partial charge is 0.435 e. The van der Waals surface area contributed by atoms with Crippen molar-refractivity contribution in [3.63, 3.8) is 0 Å². The van der Waals surface area contributed by atoms with Crippen molar-refractivity contribution in [3.8, 4) is 0 Å². The lowest BCUT2D eigenvalue weighted by molar-refractivity contribution is 0.00215. The second kappa shape index (κ2) is 4.95. The highest BCUT2D eigenvalue weighted by molar-refractivity contribution is 5.59. The Hall–Kier alpha value is -0.810. The van der Waals surface area contributed by atoms with Crippen molar-refractivity contribution in [2.45, 2.75) is 13.0 Å². The molecule has 1 saturated heterocycles. The second-order valence-electron chi connectivity index (χ2n) is 2.27. The topological polar surface area (TPSA) is 54.0 Å². The van der Waals surface area contributed by atoms with Crippen molar-refractivity contribution < 1.29 is 23.7 Å². The summed E-state index contributed by atoms with van der Waals surface area (Å²) in [7, 11) is 0.